The summed E-state index contributed by atoms with van der Waals surface area (Å²) in [5.41, 5.74) is 0.0205. The normalized spacial score (nSPS) is 34.2. The van der Waals surface area contributed by atoms with Gasteiger partial charge in [0.15, 0.2) is 0 Å². The smallest absolute Gasteiger partial charge is 0.223 e. The van der Waals surface area contributed by atoms with Gasteiger partial charge < -0.3 is 10.6 Å². The third-order valence-corrected chi connectivity index (χ3v) is 3.27. The summed E-state index contributed by atoms with van der Waals surface area (Å²) in [6.07, 6.45) is 4.48. The SMILES string of the molecule is CC1(NC(=O)C2CCC2)CCNC1. The van der Waals surface area contributed by atoms with Crippen LogP contribution in [0.2, 0.25) is 0 Å². The number of rotatable bonds is 2. The van der Waals surface area contributed by atoms with Gasteiger partial charge in [0.05, 0.1) is 5.54 Å². The van der Waals surface area contributed by atoms with Crippen LogP contribution in [0.25, 0.3) is 0 Å². The molecular formula is C10H18N2O. The minimum Gasteiger partial charge on any atom is -0.349 e. The van der Waals surface area contributed by atoms with Crippen LogP contribution < -0.4 is 10.6 Å². The van der Waals surface area contributed by atoms with Crippen LogP contribution >= 0.6 is 0 Å². The van der Waals surface area contributed by atoms with E-state index in [1.807, 2.05) is 0 Å². The van der Waals surface area contributed by atoms with Gasteiger partial charge in [-0.15, -0.1) is 0 Å². The molecule has 0 aromatic heterocycles. The fraction of sp³-hybridized carbons (Fsp3) is 0.900. The lowest BCUT2D eigenvalue weighted by Crippen LogP contribution is -2.50. The molecule has 3 heteroatoms. The van der Waals surface area contributed by atoms with Crippen LogP contribution in [0.1, 0.15) is 32.6 Å². The first-order chi connectivity index (χ1) is 6.20. The van der Waals surface area contributed by atoms with E-state index in [1.165, 1.54) is 6.42 Å². The van der Waals surface area contributed by atoms with Gasteiger partial charge in [-0.05, 0) is 32.7 Å². The molecule has 0 aromatic rings. The lowest BCUT2D eigenvalue weighted by molar-refractivity contribution is -0.129. The third kappa shape index (κ3) is 1.85. The Bertz CT molecular complexity index is 205. The van der Waals surface area contributed by atoms with E-state index in [4.69, 9.17) is 0 Å². The second kappa shape index (κ2) is 3.29. The van der Waals surface area contributed by atoms with E-state index in [-0.39, 0.29) is 11.4 Å². The monoisotopic (exact) mass is 182 g/mol. The maximum atomic E-state index is 11.6. The molecule has 3 nitrogen and oxygen atoms in total. The largest absolute Gasteiger partial charge is 0.349 e. The van der Waals surface area contributed by atoms with Gasteiger partial charge in [-0.1, -0.05) is 6.42 Å². The second-order valence-corrected chi connectivity index (χ2v) is 4.60. The number of amides is 1. The van der Waals surface area contributed by atoms with Crippen molar-refractivity contribution in [1.29, 1.82) is 0 Å². The molecule has 1 aliphatic heterocycles. The van der Waals surface area contributed by atoms with Crippen molar-refractivity contribution >= 4 is 5.91 Å². The maximum absolute atomic E-state index is 11.6. The van der Waals surface area contributed by atoms with Crippen molar-refractivity contribution in [2.75, 3.05) is 13.1 Å². The summed E-state index contributed by atoms with van der Waals surface area (Å²) in [5.74, 6) is 0.592. The molecule has 1 saturated carbocycles. The van der Waals surface area contributed by atoms with Gasteiger partial charge in [0.25, 0.3) is 0 Å². The highest BCUT2D eigenvalue weighted by atomic mass is 16.2. The van der Waals surface area contributed by atoms with Gasteiger partial charge in [0.2, 0.25) is 5.91 Å². The standard InChI is InChI=1S/C10H18N2O/c1-10(5-6-11-7-10)12-9(13)8-3-2-4-8/h8,11H,2-7H2,1H3,(H,12,13). The summed E-state index contributed by atoms with van der Waals surface area (Å²) < 4.78 is 0. The Morgan fingerprint density at radius 2 is 2.31 bits per heavy atom. The molecule has 2 N–H and O–H groups in total. The van der Waals surface area contributed by atoms with Crippen LogP contribution in [0.4, 0.5) is 0 Å². The fourth-order valence-corrected chi connectivity index (χ4v) is 1.99. The summed E-state index contributed by atoms with van der Waals surface area (Å²) in [4.78, 5) is 11.6. The Morgan fingerprint density at radius 3 is 2.77 bits per heavy atom. The minimum absolute atomic E-state index is 0.0205. The molecule has 0 spiro atoms. The molecule has 1 atom stereocenters. The first-order valence-corrected chi connectivity index (χ1v) is 5.22. The number of nitrogens with one attached hydrogen (secondary N) is 2. The molecule has 1 unspecified atom stereocenters. The molecule has 0 bridgehead atoms. The van der Waals surface area contributed by atoms with Crippen LogP contribution in [0.3, 0.4) is 0 Å². The van der Waals surface area contributed by atoms with Crippen LogP contribution in [-0.4, -0.2) is 24.5 Å². The summed E-state index contributed by atoms with van der Waals surface area (Å²) in [5, 5.41) is 6.43. The Labute approximate surface area is 79.3 Å². The predicted molar refractivity (Wildman–Crippen MR) is 51.4 cm³/mol. The number of hydrogen-bond acceptors (Lipinski definition) is 2. The zero-order valence-corrected chi connectivity index (χ0v) is 8.23. The Morgan fingerprint density at radius 1 is 1.54 bits per heavy atom. The fourth-order valence-electron chi connectivity index (χ4n) is 1.99. The molecular weight excluding hydrogens is 164 g/mol. The number of carbonyl (C=O) groups excluding carboxylic acids is 1. The lowest BCUT2D eigenvalue weighted by Gasteiger charge is -2.31. The molecule has 1 heterocycles. The predicted octanol–water partition coefficient (Wildman–Crippen LogP) is 0.655. The molecule has 13 heavy (non-hydrogen) atoms. The highest BCUT2D eigenvalue weighted by Crippen LogP contribution is 2.27. The van der Waals surface area contributed by atoms with Crippen molar-refractivity contribution in [2.24, 2.45) is 5.92 Å². The molecule has 2 fully saturated rings. The van der Waals surface area contributed by atoms with E-state index in [0.717, 1.165) is 32.4 Å². The van der Waals surface area contributed by atoms with Gasteiger partial charge >= 0.3 is 0 Å². The van der Waals surface area contributed by atoms with E-state index < -0.39 is 0 Å². The summed E-state index contributed by atoms with van der Waals surface area (Å²) in [7, 11) is 0. The van der Waals surface area contributed by atoms with Crippen molar-refractivity contribution in [2.45, 2.75) is 38.1 Å². The average molecular weight is 182 g/mol. The van der Waals surface area contributed by atoms with Gasteiger partial charge in [-0.2, -0.15) is 0 Å². The third-order valence-electron chi connectivity index (χ3n) is 3.27. The molecule has 1 aliphatic carbocycles. The van der Waals surface area contributed by atoms with Gasteiger partial charge in [-0.3, -0.25) is 4.79 Å². The van der Waals surface area contributed by atoms with E-state index in [1.54, 1.807) is 0 Å². The van der Waals surface area contributed by atoms with Crippen molar-refractivity contribution in [3.05, 3.63) is 0 Å². The molecule has 1 amide bonds. The van der Waals surface area contributed by atoms with Gasteiger partial charge in [0, 0.05) is 12.5 Å². The zero-order valence-electron chi connectivity index (χ0n) is 8.23. The van der Waals surface area contributed by atoms with Crippen molar-refractivity contribution in [3.8, 4) is 0 Å². The number of hydrogen-bond donors (Lipinski definition) is 2. The Balaban J connectivity index is 1.85. The highest BCUT2D eigenvalue weighted by molar-refractivity contribution is 5.80. The van der Waals surface area contributed by atoms with Crippen molar-refractivity contribution < 1.29 is 4.79 Å². The second-order valence-electron chi connectivity index (χ2n) is 4.60. The molecule has 0 radical (unpaired) electrons. The van der Waals surface area contributed by atoms with E-state index in [0.29, 0.717) is 5.92 Å². The first kappa shape index (κ1) is 9.00. The van der Waals surface area contributed by atoms with Crippen molar-refractivity contribution in [1.82, 2.24) is 10.6 Å². The summed E-state index contributed by atoms with van der Waals surface area (Å²) in [6, 6.07) is 0. The summed E-state index contributed by atoms with van der Waals surface area (Å²) >= 11 is 0. The molecule has 74 valence electrons. The van der Waals surface area contributed by atoms with Crippen LogP contribution in [0.15, 0.2) is 0 Å². The van der Waals surface area contributed by atoms with Crippen LogP contribution in [0.5, 0.6) is 0 Å². The minimum atomic E-state index is 0.0205. The molecule has 2 rings (SSSR count). The summed E-state index contributed by atoms with van der Waals surface area (Å²) in [6.45, 7) is 4.08. The zero-order chi connectivity index (χ0) is 9.31. The lowest BCUT2D eigenvalue weighted by atomic mass is 9.84. The van der Waals surface area contributed by atoms with E-state index >= 15 is 0 Å². The van der Waals surface area contributed by atoms with Crippen LogP contribution in [0, 0.1) is 5.92 Å². The molecule has 0 aromatic carbocycles. The van der Waals surface area contributed by atoms with Gasteiger partial charge in [-0.25, -0.2) is 0 Å². The number of carbonyl (C=O) groups is 1. The Kier molecular flexibility index (Phi) is 2.28. The quantitative estimate of drug-likeness (QED) is 0.658. The van der Waals surface area contributed by atoms with Gasteiger partial charge in [0.1, 0.15) is 0 Å². The van der Waals surface area contributed by atoms with E-state index in [2.05, 4.69) is 17.6 Å². The maximum Gasteiger partial charge on any atom is 0.223 e. The average Bonchev–Trinajstić information content (AvgIpc) is 2.31. The van der Waals surface area contributed by atoms with Crippen molar-refractivity contribution in [3.63, 3.8) is 0 Å². The Hall–Kier alpha value is -0.570. The highest BCUT2D eigenvalue weighted by Gasteiger charge is 2.34. The van der Waals surface area contributed by atoms with Crippen LogP contribution in [-0.2, 0) is 4.79 Å². The molecule has 2 aliphatic rings. The van der Waals surface area contributed by atoms with E-state index in [9.17, 15) is 4.79 Å². The topological polar surface area (TPSA) is 41.1 Å². The first-order valence-electron chi connectivity index (χ1n) is 5.22. The molecule has 1 saturated heterocycles.